The first kappa shape index (κ1) is 92.1. The predicted molar refractivity (Wildman–Crippen MR) is 440 cm³/mol. The van der Waals surface area contributed by atoms with Crippen LogP contribution in [0, 0.1) is 0 Å². The van der Waals surface area contributed by atoms with Crippen molar-refractivity contribution in [3.05, 3.63) is 217 Å². The van der Waals surface area contributed by atoms with Gasteiger partial charge in [0.1, 0.15) is 46.0 Å². The standard InChI is InChI=1S/C94H118O20/c1-5-87(95)107-67-37-27-17-9-13-23-33-63-103-79-51-43-73(44-52-79)91(99)111-83-59-61-85(113-93(101)75-47-55-81(56-48-75)105-65-35-25-15-11-19-29-39-69-109-89(97)7-3)77(71-83)41-31-21-22-32-42-78-72-84(112-92(100)74-45-53-80(54-46-74)104-64-34-24-14-10-18-28-38-68-108-88(96)6-2)60-62-86(78)114-94(102)76-49-57-82(58-50-76)106-66-36-26-16-12-20-30-40-70-110-90(98)8-4/h5-8,43-62,71-72H,1-4,9-42,63-70H2. The molecule has 0 heterocycles. The van der Waals surface area contributed by atoms with E-state index >= 15 is 0 Å². The van der Waals surface area contributed by atoms with Crippen LogP contribution in [0.3, 0.4) is 0 Å². The van der Waals surface area contributed by atoms with Crippen LogP contribution in [-0.4, -0.2) is 101 Å². The van der Waals surface area contributed by atoms with Crippen LogP contribution in [-0.2, 0) is 51.0 Å². The maximum atomic E-state index is 13.9. The Hall–Kier alpha value is -10.8. The summed E-state index contributed by atoms with van der Waals surface area (Å²) in [4.78, 5) is 100. The summed E-state index contributed by atoms with van der Waals surface area (Å²) in [6.07, 6.45) is 36.2. The molecule has 6 rings (SSSR count). The molecule has 6 aromatic rings. The van der Waals surface area contributed by atoms with E-state index in [1.807, 2.05) is 0 Å². The van der Waals surface area contributed by atoms with E-state index in [2.05, 4.69) is 26.3 Å². The average Bonchev–Trinajstić information content (AvgIpc) is 0.837. The van der Waals surface area contributed by atoms with Gasteiger partial charge < -0.3 is 56.8 Å². The number of ether oxygens (including phenoxy) is 12. The van der Waals surface area contributed by atoms with Crippen molar-refractivity contribution in [2.45, 2.75) is 218 Å². The van der Waals surface area contributed by atoms with Gasteiger partial charge in [-0.3, -0.25) is 0 Å². The molecule has 0 bridgehead atoms. The van der Waals surface area contributed by atoms with Gasteiger partial charge in [-0.1, -0.05) is 168 Å². The molecular weight excluding hydrogens is 1450 g/mol. The molecule has 0 aromatic heterocycles. The fraction of sp³-hybridized carbons (Fsp3) is 0.447. The average molecular weight is 1570 g/mol. The Kier molecular flexibility index (Phi) is 46.3. The molecule has 0 saturated heterocycles. The summed E-state index contributed by atoms with van der Waals surface area (Å²) in [7, 11) is 0. The minimum atomic E-state index is -0.572. The summed E-state index contributed by atoms with van der Waals surface area (Å²) < 4.78 is 68.3. The minimum absolute atomic E-state index is 0.271. The molecule has 0 atom stereocenters. The SMILES string of the molecule is C=CC(=O)OCCCCCCCCCOc1ccc(C(=O)Oc2ccc(OC(=O)c3ccc(OCCCCCCCCCOC(=O)C=C)cc3)c(CCCCCCc3cc(OC(=O)c4ccc(OCCCCCCCCCOC(=O)C=C)cc4)ccc3OC(=O)c3ccc(OCCCCCCCCCOC(=O)C=C)cc3)c2)cc1. The zero-order chi connectivity index (χ0) is 81.3. The summed E-state index contributed by atoms with van der Waals surface area (Å²) >= 11 is 0. The van der Waals surface area contributed by atoms with Crippen molar-refractivity contribution < 1.29 is 95.2 Å². The molecule has 0 N–H and O–H groups in total. The van der Waals surface area contributed by atoms with Crippen LogP contribution in [0.1, 0.15) is 258 Å². The second-order valence-electron chi connectivity index (χ2n) is 27.9. The lowest BCUT2D eigenvalue weighted by molar-refractivity contribution is -0.138. The number of carbonyl (C=O) groups is 8. The zero-order valence-electron chi connectivity index (χ0n) is 66.7. The van der Waals surface area contributed by atoms with E-state index in [0.29, 0.717) is 146 Å². The van der Waals surface area contributed by atoms with Crippen LogP contribution >= 0.6 is 0 Å². The number of hydrogen-bond donors (Lipinski definition) is 0. The summed E-state index contributed by atoms with van der Waals surface area (Å²) in [6.45, 7) is 17.4. The predicted octanol–water partition coefficient (Wildman–Crippen LogP) is 21.3. The molecule has 20 heteroatoms. The van der Waals surface area contributed by atoms with Gasteiger partial charge in [0.25, 0.3) is 0 Å². The normalized spacial score (nSPS) is 10.8. The van der Waals surface area contributed by atoms with Crippen molar-refractivity contribution in [2.24, 2.45) is 0 Å². The number of aryl methyl sites for hydroxylation is 2. The third-order valence-electron chi connectivity index (χ3n) is 18.8. The first-order valence-corrected chi connectivity index (χ1v) is 41.0. The first-order chi connectivity index (χ1) is 55.7. The van der Waals surface area contributed by atoms with Gasteiger partial charge >= 0.3 is 47.8 Å². The fourth-order valence-electron chi connectivity index (χ4n) is 12.3. The molecule has 0 aliphatic carbocycles. The lowest BCUT2D eigenvalue weighted by Gasteiger charge is -2.14. The number of carbonyl (C=O) groups excluding carboxylic acids is 8. The van der Waals surface area contributed by atoms with Crippen LogP contribution in [0.4, 0.5) is 0 Å². The van der Waals surface area contributed by atoms with E-state index in [-0.39, 0.29) is 11.5 Å². The number of benzene rings is 6. The quantitative estimate of drug-likeness (QED) is 0.0113. The molecule has 20 nitrogen and oxygen atoms in total. The van der Waals surface area contributed by atoms with E-state index in [9.17, 15) is 38.4 Å². The number of unbranched alkanes of at least 4 members (excludes halogenated alkanes) is 27. The van der Waals surface area contributed by atoms with Gasteiger partial charge in [-0.15, -0.1) is 0 Å². The second kappa shape index (κ2) is 57.3. The minimum Gasteiger partial charge on any atom is -0.494 e. The lowest BCUT2D eigenvalue weighted by atomic mass is 10.0. The van der Waals surface area contributed by atoms with Crippen molar-refractivity contribution in [1.82, 2.24) is 0 Å². The van der Waals surface area contributed by atoms with Crippen LogP contribution in [0.2, 0.25) is 0 Å². The Morgan fingerprint density at radius 2 is 0.412 bits per heavy atom. The summed E-state index contributed by atoms with van der Waals surface area (Å²) in [5, 5.41) is 0. The number of esters is 8. The topological polar surface area (TPSA) is 247 Å². The van der Waals surface area contributed by atoms with Crippen molar-refractivity contribution in [3.8, 4) is 46.0 Å². The Labute approximate surface area is 674 Å². The van der Waals surface area contributed by atoms with Crippen molar-refractivity contribution in [2.75, 3.05) is 52.9 Å². The lowest BCUT2D eigenvalue weighted by Crippen LogP contribution is -2.11. The largest absolute Gasteiger partial charge is 0.494 e. The third kappa shape index (κ3) is 39.6. The monoisotopic (exact) mass is 1570 g/mol. The molecular formula is C94H118O20. The van der Waals surface area contributed by atoms with Crippen molar-refractivity contribution in [1.29, 1.82) is 0 Å². The molecule has 0 unspecified atom stereocenters. The van der Waals surface area contributed by atoms with Crippen molar-refractivity contribution in [3.63, 3.8) is 0 Å². The Morgan fingerprint density at radius 3 is 0.640 bits per heavy atom. The highest BCUT2D eigenvalue weighted by atomic mass is 16.6. The molecule has 0 spiro atoms. The number of hydrogen-bond acceptors (Lipinski definition) is 20. The highest BCUT2D eigenvalue weighted by Crippen LogP contribution is 2.32. The Morgan fingerprint density at radius 1 is 0.219 bits per heavy atom. The molecule has 0 amide bonds. The first-order valence-electron chi connectivity index (χ1n) is 41.0. The molecule has 0 aliphatic heterocycles. The smallest absolute Gasteiger partial charge is 0.343 e. The van der Waals surface area contributed by atoms with E-state index in [0.717, 1.165) is 193 Å². The Balaban J connectivity index is 1.06. The van der Waals surface area contributed by atoms with Gasteiger partial charge in [-0.25, -0.2) is 38.4 Å². The van der Waals surface area contributed by atoms with Gasteiger partial charge in [0.2, 0.25) is 0 Å². The van der Waals surface area contributed by atoms with Gasteiger partial charge in [-0.2, -0.15) is 0 Å². The molecule has 0 saturated carbocycles. The number of rotatable bonds is 63. The van der Waals surface area contributed by atoms with Crippen molar-refractivity contribution >= 4 is 47.8 Å². The van der Waals surface area contributed by atoms with Crippen LogP contribution < -0.4 is 37.9 Å². The maximum absolute atomic E-state index is 13.9. The fourth-order valence-corrected chi connectivity index (χ4v) is 12.3. The highest BCUT2D eigenvalue weighted by molar-refractivity contribution is 5.94. The molecule has 114 heavy (non-hydrogen) atoms. The highest BCUT2D eigenvalue weighted by Gasteiger charge is 2.20. The van der Waals surface area contributed by atoms with Crippen LogP contribution in [0.15, 0.2) is 184 Å². The van der Waals surface area contributed by atoms with E-state index in [1.165, 1.54) is 24.3 Å². The molecule has 614 valence electrons. The summed E-state index contributed by atoms with van der Waals surface area (Å²) in [5.41, 5.74) is 2.62. The summed E-state index contributed by atoms with van der Waals surface area (Å²) in [6, 6.07) is 37.2. The van der Waals surface area contributed by atoms with Crippen LogP contribution in [0.5, 0.6) is 46.0 Å². The Bertz CT molecular complexity index is 3610. The van der Waals surface area contributed by atoms with Crippen LogP contribution in [0.25, 0.3) is 0 Å². The molecule has 0 fully saturated rings. The van der Waals surface area contributed by atoms with E-state index in [1.54, 1.807) is 133 Å². The van der Waals surface area contributed by atoms with Gasteiger partial charge in [-0.05, 0) is 222 Å². The van der Waals surface area contributed by atoms with Gasteiger partial charge in [0.15, 0.2) is 0 Å². The van der Waals surface area contributed by atoms with Gasteiger partial charge in [0, 0.05) is 24.3 Å². The zero-order valence-corrected chi connectivity index (χ0v) is 66.7. The maximum Gasteiger partial charge on any atom is 0.343 e. The third-order valence-corrected chi connectivity index (χ3v) is 18.8. The molecule has 0 aliphatic rings. The summed E-state index contributed by atoms with van der Waals surface area (Å²) in [5.74, 6) is -0.143. The van der Waals surface area contributed by atoms with Gasteiger partial charge in [0.05, 0.1) is 75.1 Å². The van der Waals surface area contributed by atoms with E-state index in [4.69, 9.17) is 56.8 Å². The molecule has 6 aromatic carbocycles. The molecule has 0 radical (unpaired) electrons. The second-order valence-corrected chi connectivity index (χ2v) is 27.9. The van der Waals surface area contributed by atoms with E-state index < -0.39 is 47.8 Å².